The van der Waals surface area contributed by atoms with Crippen molar-refractivity contribution in [2.45, 2.75) is 32.2 Å². The Balaban J connectivity index is 0.00000176. The first kappa shape index (κ1) is 17.2. The van der Waals surface area contributed by atoms with E-state index in [9.17, 15) is 9.18 Å². The van der Waals surface area contributed by atoms with Gasteiger partial charge >= 0.3 is 0 Å². The van der Waals surface area contributed by atoms with Crippen LogP contribution in [0.2, 0.25) is 0 Å². The summed E-state index contributed by atoms with van der Waals surface area (Å²) in [5.74, 6) is 0.208. The smallest absolute Gasteiger partial charge is 0.226 e. The van der Waals surface area contributed by atoms with Crippen LogP contribution in [-0.4, -0.2) is 25.7 Å². The van der Waals surface area contributed by atoms with Crippen LogP contribution in [0.4, 0.5) is 10.1 Å². The lowest BCUT2D eigenvalue weighted by Gasteiger charge is -2.19. The Kier molecular flexibility index (Phi) is 6.17. The lowest BCUT2D eigenvalue weighted by atomic mass is 9.99. The first-order chi connectivity index (χ1) is 10.2. The van der Waals surface area contributed by atoms with Gasteiger partial charge in [0.05, 0.1) is 18.7 Å². The molecule has 22 heavy (non-hydrogen) atoms. The van der Waals surface area contributed by atoms with E-state index < -0.39 is 0 Å². The van der Waals surface area contributed by atoms with Gasteiger partial charge in [-0.1, -0.05) is 6.07 Å². The van der Waals surface area contributed by atoms with E-state index in [2.05, 4.69) is 10.6 Å². The number of hydrogen-bond donors (Lipinski definition) is 2. The van der Waals surface area contributed by atoms with Gasteiger partial charge in [-0.15, -0.1) is 12.4 Å². The van der Waals surface area contributed by atoms with Crippen LogP contribution in [0.1, 0.15) is 30.4 Å². The van der Waals surface area contributed by atoms with Crippen LogP contribution in [-0.2, 0) is 22.5 Å². The number of ether oxygens (including phenoxy) is 1. The second kappa shape index (κ2) is 7.90. The molecule has 1 saturated carbocycles. The summed E-state index contributed by atoms with van der Waals surface area (Å²) in [6, 6.07) is 3.52. The topological polar surface area (TPSA) is 50.4 Å². The molecular weight excluding hydrogens is 307 g/mol. The molecule has 1 heterocycles. The van der Waals surface area contributed by atoms with Crippen molar-refractivity contribution in [3.05, 3.63) is 29.1 Å². The number of hydrogen-bond acceptors (Lipinski definition) is 3. The van der Waals surface area contributed by atoms with E-state index in [-0.39, 0.29) is 36.2 Å². The molecule has 2 N–H and O–H groups in total. The monoisotopic (exact) mass is 328 g/mol. The molecule has 1 aromatic rings. The van der Waals surface area contributed by atoms with Crippen molar-refractivity contribution in [2.75, 3.05) is 25.1 Å². The number of rotatable bonds is 6. The molecule has 1 aliphatic heterocycles. The zero-order chi connectivity index (χ0) is 14.7. The molecule has 1 aromatic carbocycles. The number of benzene rings is 1. The minimum atomic E-state index is -0.291. The standard InChI is InChI=1S/C16H21FN2O2.ClH/c17-16-13-5-7-18-9-12(13)3-4-14(16)19-15(20)6-8-21-10-11-1-2-11;/h3-4,11,18H,1-2,5-10H2,(H,19,20);1H. The molecule has 1 fully saturated rings. The van der Waals surface area contributed by atoms with Crippen molar-refractivity contribution < 1.29 is 13.9 Å². The van der Waals surface area contributed by atoms with Gasteiger partial charge in [0.2, 0.25) is 5.91 Å². The van der Waals surface area contributed by atoms with Crippen molar-refractivity contribution in [1.29, 1.82) is 0 Å². The second-order valence-corrected chi connectivity index (χ2v) is 5.81. The first-order valence-electron chi connectivity index (χ1n) is 7.62. The number of halogens is 2. The summed E-state index contributed by atoms with van der Waals surface area (Å²) in [5.41, 5.74) is 1.98. The minimum Gasteiger partial charge on any atom is -0.381 e. The third-order valence-corrected chi connectivity index (χ3v) is 4.01. The third-order valence-electron chi connectivity index (χ3n) is 4.01. The van der Waals surface area contributed by atoms with Crippen LogP contribution < -0.4 is 10.6 Å². The number of fused-ring (bicyclic) bond motifs is 1. The summed E-state index contributed by atoms with van der Waals surface area (Å²) in [4.78, 5) is 11.8. The number of carbonyl (C=O) groups is 1. The molecule has 3 rings (SSSR count). The maximum atomic E-state index is 14.3. The predicted molar refractivity (Wildman–Crippen MR) is 85.8 cm³/mol. The Morgan fingerprint density at radius 1 is 1.41 bits per heavy atom. The fourth-order valence-electron chi connectivity index (χ4n) is 2.54. The number of amides is 1. The van der Waals surface area contributed by atoms with Gasteiger partial charge in [0, 0.05) is 13.2 Å². The Labute approximate surface area is 136 Å². The number of carbonyl (C=O) groups excluding carboxylic acids is 1. The van der Waals surface area contributed by atoms with E-state index in [1.54, 1.807) is 6.07 Å². The normalized spacial score (nSPS) is 16.6. The van der Waals surface area contributed by atoms with Crippen LogP contribution in [0.15, 0.2) is 12.1 Å². The number of nitrogens with one attached hydrogen (secondary N) is 2. The van der Waals surface area contributed by atoms with Crippen LogP contribution in [0, 0.1) is 11.7 Å². The molecule has 4 nitrogen and oxygen atoms in total. The van der Waals surface area contributed by atoms with Gasteiger partial charge in [0.25, 0.3) is 0 Å². The molecule has 2 aliphatic rings. The van der Waals surface area contributed by atoms with E-state index in [0.717, 1.165) is 24.3 Å². The molecule has 6 heteroatoms. The molecule has 0 aromatic heterocycles. The lowest BCUT2D eigenvalue weighted by molar-refractivity contribution is -0.117. The van der Waals surface area contributed by atoms with Gasteiger partial charge in [-0.3, -0.25) is 4.79 Å². The second-order valence-electron chi connectivity index (χ2n) is 5.81. The van der Waals surface area contributed by atoms with Crippen LogP contribution in [0.5, 0.6) is 0 Å². The average Bonchev–Trinajstić information content (AvgIpc) is 3.31. The summed E-state index contributed by atoms with van der Waals surface area (Å²) in [6.07, 6.45) is 3.41. The van der Waals surface area contributed by atoms with Gasteiger partial charge in [-0.05, 0) is 48.9 Å². The van der Waals surface area contributed by atoms with E-state index in [0.29, 0.717) is 25.5 Å². The highest BCUT2D eigenvalue weighted by Gasteiger charge is 2.21. The van der Waals surface area contributed by atoms with E-state index >= 15 is 0 Å². The Morgan fingerprint density at radius 2 is 2.23 bits per heavy atom. The summed E-state index contributed by atoms with van der Waals surface area (Å²) in [7, 11) is 0. The van der Waals surface area contributed by atoms with Gasteiger partial charge in [-0.2, -0.15) is 0 Å². The summed E-state index contributed by atoms with van der Waals surface area (Å²) in [6.45, 7) is 2.61. The molecule has 0 unspecified atom stereocenters. The Bertz CT molecular complexity index is 535. The van der Waals surface area contributed by atoms with Crippen molar-refractivity contribution in [3.63, 3.8) is 0 Å². The fourth-order valence-corrected chi connectivity index (χ4v) is 2.54. The highest BCUT2D eigenvalue weighted by molar-refractivity contribution is 5.91. The van der Waals surface area contributed by atoms with E-state index in [4.69, 9.17) is 4.74 Å². The largest absolute Gasteiger partial charge is 0.381 e. The van der Waals surface area contributed by atoms with Crippen molar-refractivity contribution in [2.24, 2.45) is 5.92 Å². The molecule has 0 atom stereocenters. The Hall–Kier alpha value is -1.17. The minimum absolute atomic E-state index is 0. The van der Waals surface area contributed by atoms with Crippen molar-refractivity contribution >= 4 is 24.0 Å². The van der Waals surface area contributed by atoms with Gasteiger partial charge < -0.3 is 15.4 Å². The van der Waals surface area contributed by atoms with E-state index in [1.807, 2.05) is 6.07 Å². The third kappa shape index (κ3) is 4.41. The maximum Gasteiger partial charge on any atom is 0.226 e. The predicted octanol–water partition coefficient (Wildman–Crippen LogP) is 2.65. The maximum absolute atomic E-state index is 14.3. The first-order valence-corrected chi connectivity index (χ1v) is 7.62. The summed E-state index contributed by atoms with van der Waals surface area (Å²) >= 11 is 0. The molecule has 0 saturated heterocycles. The van der Waals surface area contributed by atoms with Crippen LogP contribution in [0.25, 0.3) is 0 Å². The highest BCUT2D eigenvalue weighted by atomic mass is 35.5. The quantitative estimate of drug-likeness (QED) is 0.789. The molecule has 0 spiro atoms. The SMILES string of the molecule is Cl.O=C(CCOCC1CC1)Nc1ccc2c(c1F)CCNC2. The van der Waals surface area contributed by atoms with Crippen LogP contribution in [0.3, 0.4) is 0 Å². The van der Waals surface area contributed by atoms with E-state index in [1.165, 1.54) is 12.8 Å². The van der Waals surface area contributed by atoms with Crippen LogP contribution >= 0.6 is 12.4 Å². The van der Waals surface area contributed by atoms with Gasteiger partial charge in [0.15, 0.2) is 0 Å². The van der Waals surface area contributed by atoms with Gasteiger partial charge in [-0.25, -0.2) is 4.39 Å². The average molecular weight is 329 g/mol. The van der Waals surface area contributed by atoms with Crippen molar-refractivity contribution in [1.82, 2.24) is 5.32 Å². The zero-order valence-electron chi connectivity index (χ0n) is 12.5. The summed E-state index contributed by atoms with van der Waals surface area (Å²) in [5, 5.41) is 5.86. The fraction of sp³-hybridized carbons (Fsp3) is 0.562. The highest BCUT2D eigenvalue weighted by Crippen LogP contribution is 2.28. The lowest BCUT2D eigenvalue weighted by Crippen LogP contribution is -2.25. The summed E-state index contributed by atoms with van der Waals surface area (Å²) < 4.78 is 19.8. The zero-order valence-corrected chi connectivity index (χ0v) is 13.3. The molecule has 0 bridgehead atoms. The number of anilines is 1. The van der Waals surface area contributed by atoms with Crippen molar-refractivity contribution in [3.8, 4) is 0 Å². The molecule has 1 amide bonds. The molecular formula is C16H22ClFN2O2. The molecule has 0 radical (unpaired) electrons. The molecule has 1 aliphatic carbocycles. The van der Waals surface area contributed by atoms with Gasteiger partial charge in [0.1, 0.15) is 5.82 Å². The molecule has 122 valence electrons. The Morgan fingerprint density at radius 3 is 3.00 bits per heavy atom.